The van der Waals surface area contributed by atoms with Gasteiger partial charge in [0.2, 0.25) is 0 Å². The lowest BCUT2D eigenvalue weighted by Gasteiger charge is -2.24. The molecule has 0 unspecified atom stereocenters. The fourth-order valence-electron chi connectivity index (χ4n) is 2.37. The second-order valence-electron chi connectivity index (χ2n) is 6.14. The zero-order valence-electron chi connectivity index (χ0n) is 13.2. The number of carbonyl (C=O) groups excluding carboxylic acids is 1. The van der Waals surface area contributed by atoms with Crippen molar-refractivity contribution in [3.05, 3.63) is 23.4 Å². The third-order valence-corrected chi connectivity index (χ3v) is 3.83. The predicted octanol–water partition coefficient (Wildman–Crippen LogP) is 2.58. The van der Waals surface area contributed by atoms with E-state index in [1.807, 2.05) is 17.9 Å². The van der Waals surface area contributed by atoms with Crippen molar-refractivity contribution >= 4 is 11.7 Å². The molecule has 21 heavy (non-hydrogen) atoms. The van der Waals surface area contributed by atoms with Crippen LogP contribution in [0, 0.1) is 5.92 Å². The third-order valence-electron chi connectivity index (χ3n) is 3.83. The second kappa shape index (κ2) is 6.89. The van der Waals surface area contributed by atoms with Gasteiger partial charge in [0.15, 0.2) is 0 Å². The van der Waals surface area contributed by atoms with Gasteiger partial charge in [-0.3, -0.25) is 4.79 Å². The van der Waals surface area contributed by atoms with Gasteiger partial charge in [-0.25, -0.2) is 10.8 Å². The number of aromatic nitrogens is 1. The van der Waals surface area contributed by atoms with E-state index in [1.165, 1.54) is 0 Å². The first-order valence-electron chi connectivity index (χ1n) is 7.83. The van der Waals surface area contributed by atoms with Crippen LogP contribution >= 0.6 is 0 Å². The van der Waals surface area contributed by atoms with E-state index in [-0.39, 0.29) is 5.91 Å². The Hall–Kier alpha value is -1.62. The highest BCUT2D eigenvalue weighted by Gasteiger charge is 2.33. The summed E-state index contributed by atoms with van der Waals surface area (Å²) in [5.41, 5.74) is 4.12. The Bertz CT molecular complexity index is 475. The van der Waals surface area contributed by atoms with Gasteiger partial charge >= 0.3 is 0 Å². The number of carbonyl (C=O) groups is 1. The van der Waals surface area contributed by atoms with Crippen LogP contribution in [-0.2, 0) is 6.42 Å². The van der Waals surface area contributed by atoms with Crippen LogP contribution in [0.25, 0.3) is 0 Å². The summed E-state index contributed by atoms with van der Waals surface area (Å²) in [6.45, 7) is 7.23. The number of hydrogen-bond donors (Lipinski definition) is 2. The van der Waals surface area contributed by atoms with E-state index in [0.29, 0.717) is 23.3 Å². The topological polar surface area (TPSA) is 71.2 Å². The first-order valence-corrected chi connectivity index (χ1v) is 7.83. The quantitative estimate of drug-likeness (QED) is 0.598. The summed E-state index contributed by atoms with van der Waals surface area (Å²) in [6.07, 6.45) is 4.07. The molecule has 1 fully saturated rings. The van der Waals surface area contributed by atoms with Gasteiger partial charge in [0.05, 0.1) is 0 Å². The number of nitrogens with zero attached hydrogens (tertiary/aromatic N) is 2. The number of rotatable bonds is 7. The first-order chi connectivity index (χ1) is 10.0. The molecule has 2 rings (SSSR count). The van der Waals surface area contributed by atoms with E-state index >= 15 is 0 Å². The van der Waals surface area contributed by atoms with Crippen molar-refractivity contribution in [2.45, 2.75) is 52.5 Å². The number of hydrogen-bond acceptors (Lipinski definition) is 4. The van der Waals surface area contributed by atoms with Crippen LogP contribution in [0.3, 0.4) is 0 Å². The maximum absolute atomic E-state index is 12.8. The Balaban J connectivity index is 2.19. The van der Waals surface area contributed by atoms with E-state index in [2.05, 4.69) is 24.3 Å². The van der Waals surface area contributed by atoms with Crippen molar-refractivity contribution in [1.82, 2.24) is 9.88 Å². The van der Waals surface area contributed by atoms with Crippen molar-refractivity contribution in [2.24, 2.45) is 11.8 Å². The summed E-state index contributed by atoms with van der Waals surface area (Å²) in [5.74, 6) is 6.71. The molecule has 1 aromatic rings. The van der Waals surface area contributed by atoms with E-state index in [0.717, 1.165) is 37.9 Å². The molecule has 0 aromatic carbocycles. The zero-order chi connectivity index (χ0) is 15.4. The number of aryl methyl sites for hydroxylation is 1. The Morgan fingerprint density at radius 3 is 2.71 bits per heavy atom. The number of amides is 1. The SMILES string of the molecule is CCc1cc(C(=O)N(CCC(C)C)C2CC2)cc(NN)n1. The number of pyridine rings is 1. The molecule has 0 radical (unpaired) electrons. The third kappa shape index (κ3) is 4.17. The molecule has 0 aliphatic heterocycles. The van der Waals surface area contributed by atoms with Gasteiger partial charge in [-0.2, -0.15) is 0 Å². The van der Waals surface area contributed by atoms with Crippen LogP contribution < -0.4 is 11.3 Å². The average Bonchev–Trinajstić information content (AvgIpc) is 3.31. The molecular weight excluding hydrogens is 264 g/mol. The molecule has 0 saturated heterocycles. The molecule has 5 heteroatoms. The molecule has 1 aliphatic carbocycles. The minimum atomic E-state index is 0.103. The van der Waals surface area contributed by atoms with Crippen LogP contribution in [0.5, 0.6) is 0 Å². The normalized spacial score (nSPS) is 14.3. The predicted molar refractivity (Wildman–Crippen MR) is 84.9 cm³/mol. The van der Waals surface area contributed by atoms with Crippen LogP contribution in [0.2, 0.25) is 0 Å². The van der Waals surface area contributed by atoms with Crippen molar-refractivity contribution in [2.75, 3.05) is 12.0 Å². The van der Waals surface area contributed by atoms with Crippen LogP contribution in [-0.4, -0.2) is 28.4 Å². The molecule has 1 heterocycles. The van der Waals surface area contributed by atoms with E-state index < -0.39 is 0 Å². The molecule has 0 spiro atoms. The molecule has 1 saturated carbocycles. The Morgan fingerprint density at radius 2 is 2.19 bits per heavy atom. The zero-order valence-corrected chi connectivity index (χ0v) is 13.2. The number of anilines is 1. The largest absolute Gasteiger partial charge is 0.336 e. The summed E-state index contributed by atoms with van der Waals surface area (Å²) in [6, 6.07) is 4.05. The highest BCUT2D eigenvalue weighted by molar-refractivity contribution is 5.95. The van der Waals surface area contributed by atoms with Gasteiger partial charge in [-0.15, -0.1) is 0 Å². The molecule has 0 atom stereocenters. The summed E-state index contributed by atoms with van der Waals surface area (Å²) >= 11 is 0. The Kier molecular flexibility index (Phi) is 5.17. The Labute approximate surface area is 126 Å². The molecular formula is C16H26N4O. The smallest absolute Gasteiger partial charge is 0.254 e. The number of nitrogens with two attached hydrogens (primary N) is 1. The van der Waals surface area contributed by atoms with E-state index in [4.69, 9.17) is 5.84 Å². The second-order valence-corrected chi connectivity index (χ2v) is 6.14. The highest BCUT2D eigenvalue weighted by atomic mass is 16.2. The standard InChI is InChI=1S/C16H26N4O/c1-4-13-9-12(10-15(18-13)19-17)16(21)20(14-5-6-14)8-7-11(2)3/h9-11,14H,4-8,17H2,1-3H3,(H,18,19). The lowest BCUT2D eigenvalue weighted by Crippen LogP contribution is -2.34. The highest BCUT2D eigenvalue weighted by Crippen LogP contribution is 2.29. The van der Waals surface area contributed by atoms with Crippen LogP contribution in [0.4, 0.5) is 5.82 Å². The van der Waals surface area contributed by atoms with E-state index in [1.54, 1.807) is 6.07 Å². The molecule has 5 nitrogen and oxygen atoms in total. The molecule has 116 valence electrons. The lowest BCUT2D eigenvalue weighted by atomic mass is 10.1. The fourth-order valence-corrected chi connectivity index (χ4v) is 2.37. The van der Waals surface area contributed by atoms with E-state index in [9.17, 15) is 4.79 Å². The van der Waals surface area contributed by atoms with Crippen molar-refractivity contribution in [3.8, 4) is 0 Å². The monoisotopic (exact) mass is 290 g/mol. The summed E-state index contributed by atoms with van der Waals surface area (Å²) in [7, 11) is 0. The first kappa shape index (κ1) is 15.8. The minimum Gasteiger partial charge on any atom is -0.336 e. The lowest BCUT2D eigenvalue weighted by molar-refractivity contribution is 0.0735. The summed E-state index contributed by atoms with van der Waals surface area (Å²) in [5, 5.41) is 0. The molecule has 0 bridgehead atoms. The van der Waals surface area contributed by atoms with Crippen LogP contribution in [0.15, 0.2) is 12.1 Å². The molecule has 1 aliphatic rings. The van der Waals surface area contributed by atoms with Crippen LogP contribution in [0.1, 0.15) is 56.1 Å². The maximum Gasteiger partial charge on any atom is 0.254 e. The summed E-state index contributed by atoms with van der Waals surface area (Å²) < 4.78 is 0. The molecule has 1 aromatic heterocycles. The van der Waals surface area contributed by atoms with Gasteiger partial charge in [-0.1, -0.05) is 20.8 Å². The maximum atomic E-state index is 12.8. The summed E-state index contributed by atoms with van der Waals surface area (Å²) in [4.78, 5) is 19.2. The van der Waals surface area contributed by atoms with Gasteiger partial charge < -0.3 is 10.3 Å². The number of nitrogen functional groups attached to an aromatic ring is 1. The number of nitrogens with one attached hydrogen (secondary N) is 1. The minimum absolute atomic E-state index is 0.103. The molecule has 3 N–H and O–H groups in total. The van der Waals surface area contributed by atoms with Crippen molar-refractivity contribution in [1.29, 1.82) is 0 Å². The van der Waals surface area contributed by atoms with Gasteiger partial charge in [0.1, 0.15) is 5.82 Å². The fraction of sp³-hybridized carbons (Fsp3) is 0.625. The Morgan fingerprint density at radius 1 is 1.48 bits per heavy atom. The van der Waals surface area contributed by atoms with Gasteiger partial charge in [0.25, 0.3) is 5.91 Å². The van der Waals surface area contributed by atoms with Crippen molar-refractivity contribution < 1.29 is 4.79 Å². The molecule has 1 amide bonds. The number of hydrazine groups is 1. The average molecular weight is 290 g/mol. The van der Waals surface area contributed by atoms with Gasteiger partial charge in [0, 0.05) is 23.8 Å². The van der Waals surface area contributed by atoms with Crippen molar-refractivity contribution in [3.63, 3.8) is 0 Å². The van der Waals surface area contributed by atoms with Gasteiger partial charge in [-0.05, 0) is 43.7 Å².